The van der Waals surface area contributed by atoms with Crippen molar-refractivity contribution in [2.75, 3.05) is 19.0 Å². The summed E-state index contributed by atoms with van der Waals surface area (Å²) in [5.41, 5.74) is 2.14. The highest BCUT2D eigenvalue weighted by atomic mass is 15.1. The number of hydrogen-bond acceptors (Lipinski definition) is 2. The quantitative estimate of drug-likeness (QED) is 0.681. The number of hydrogen-bond donors (Lipinski definition) is 0. The number of benzene rings is 1. The molecule has 4 heteroatoms. The van der Waals surface area contributed by atoms with Crippen molar-refractivity contribution >= 4 is 13.7 Å². The van der Waals surface area contributed by atoms with Gasteiger partial charge in [-0.15, -0.1) is 0 Å². The summed E-state index contributed by atoms with van der Waals surface area (Å²) >= 11 is 0. The van der Waals surface area contributed by atoms with Gasteiger partial charge in [-0.2, -0.15) is 0 Å². The van der Waals surface area contributed by atoms with Gasteiger partial charge < -0.3 is 9.38 Å². The first-order valence-corrected chi connectivity index (χ1v) is 4.75. The average molecular weight is 197 g/mol. The van der Waals surface area contributed by atoms with Crippen molar-refractivity contribution in [1.82, 2.24) is 9.46 Å². The van der Waals surface area contributed by atoms with Crippen molar-refractivity contribution in [3.63, 3.8) is 0 Å². The van der Waals surface area contributed by atoms with E-state index in [1.54, 1.807) is 12.4 Å². The molecular formula is C11H12BN3. The Hall–Kier alpha value is -1.71. The molecular weight excluding hydrogens is 185 g/mol. The summed E-state index contributed by atoms with van der Waals surface area (Å²) in [6.45, 7) is 0. The van der Waals surface area contributed by atoms with Gasteiger partial charge in [0.1, 0.15) is 5.82 Å². The molecule has 0 N–H and O–H groups in total. The summed E-state index contributed by atoms with van der Waals surface area (Å²) in [4.78, 5) is 6.29. The molecule has 0 unspecified atom stereocenters. The standard InChI is InChI=1S/C11H12BN3/c1-14(2)10-6-4-3-5-9(10)11-13-7-8-15(11)12/h3-8H,1-2H3. The molecule has 0 saturated heterocycles. The second-order valence-corrected chi connectivity index (χ2v) is 3.57. The molecule has 0 amide bonds. The fourth-order valence-electron chi connectivity index (χ4n) is 1.57. The third kappa shape index (κ3) is 1.75. The van der Waals surface area contributed by atoms with Crippen LogP contribution in [0.1, 0.15) is 0 Å². The van der Waals surface area contributed by atoms with Gasteiger partial charge in [-0.05, 0) is 12.1 Å². The first-order valence-electron chi connectivity index (χ1n) is 4.75. The molecule has 0 aliphatic heterocycles. The van der Waals surface area contributed by atoms with E-state index in [1.165, 1.54) is 4.48 Å². The number of anilines is 1. The molecule has 74 valence electrons. The maximum Gasteiger partial charge on any atom is 0.236 e. The van der Waals surface area contributed by atoms with Crippen molar-refractivity contribution < 1.29 is 0 Å². The molecule has 0 spiro atoms. The van der Waals surface area contributed by atoms with E-state index in [0.29, 0.717) is 0 Å². The zero-order valence-corrected chi connectivity index (χ0v) is 8.88. The molecule has 0 atom stereocenters. The smallest absolute Gasteiger partial charge is 0.236 e. The Bertz CT molecular complexity index is 462. The number of para-hydroxylation sites is 1. The molecule has 2 radical (unpaired) electrons. The molecule has 15 heavy (non-hydrogen) atoms. The van der Waals surface area contributed by atoms with Crippen LogP contribution in [-0.2, 0) is 0 Å². The van der Waals surface area contributed by atoms with E-state index >= 15 is 0 Å². The highest BCUT2D eigenvalue weighted by Crippen LogP contribution is 2.27. The van der Waals surface area contributed by atoms with Gasteiger partial charge in [-0.1, -0.05) is 12.1 Å². The molecule has 1 aromatic heterocycles. The minimum Gasteiger partial charge on any atom is -0.387 e. The van der Waals surface area contributed by atoms with Crippen LogP contribution in [0.5, 0.6) is 0 Å². The molecule has 3 nitrogen and oxygen atoms in total. The topological polar surface area (TPSA) is 21.1 Å². The highest BCUT2D eigenvalue weighted by Gasteiger charge is 2.08. The van der Waals surface area contributed by atoms with Crippen molar-refractivity contribution in [2.24, 2.45) is 0 Å². The SMILES string of the molecule is [B]n1ccnc1-c1ccccc1N(C)C. The minimum atomic E-state index is 0.777. The van der Waals surface area contributed by atoms with Crippen LogP contribution in [0.3, 0.4) is 0 Å². The fourth-order valence-corrected chi connectivity index (χ4v) is 1.57. The largest absolute Gasteiger partial charge is 0.387 e. The summed E-state index contributed by atoms with van der Waals surface area (Å²) in [5.74, 6) is 0.777. The lowest BCUT2D eigenvalue weighted by Crippen LogP contribution is -2.10. The lowest BCUT2D eigenvalue weighted by molar-refractivity contribution is 1.12. The van der Waals surface area contributed by atoms with Crippen LogP contribution in [0.25, 0.3) is 11.4 Å². The predicted molar refractivity (Wildman–Crippen MR) is 63.1 cm³/mol. The van der Waals surface area contributed by atoms with E-state index in [4.69, 9.17) is 7.98 Å². The summed E-state index contributed by atoms with van der Waals surface area (Å²) < 4.78 is 1.53. The summed E-state index contributed by atoms with van der Waals surface area (Å²) in [6, 6.07) is 8.05. The first-order chi connectivity index (χ1) is 7.20. The molecule has 1 aromatic carbocycles. The van der Waals surface area contributed by atoms with Gasteiger partial charge in [0.2, 0.25) is 7.98 Å². The summed E-state index contributed by atoms with van der Waals surface area (Å²) in [6.07, 6.45) is 3.43. The Labute approximate surface area is 90.8 Å². The third-order valence-electron chi connectivity index (χ3n) is 2.30. The van der Waals surface area contributed by atoms with Crippen molar-refractivity contribution in [3.8, 4) is 11.4 Å². The molecule has 0 saturated carbocycles. The van der Waals surface area contributed by atoms with Gasteiger partial charge >= 0.3 is 0 Å². The molecule has 2 rings (SSSR count). The van der Waals surface area contributed by atoms with E-state index in [1.807, 2.05) is 43.3 Å². The number of imidazole rings is 1. The van der Waals surface area contributed by atoms with Crippen molar-refractivity contribution in [3.05, 3.63) is 36.7 Å². The van der Waals surface area contributed by atoms with Gasteiger partial charge in [-0.3, -0.25) is 0 Å². The van der Waals surface area contributed by atoms with Crippen LogP contribution in [0.2, 0.25) is 0 Å². The summed E-state index contributed by atoms with van der Waals surface area (Å²) in [7, 11) is 9.78. The van der Waals surface area contributed by atoms with Crippen molar-refractivity contribution in [2.45, 2.75) is 0 Å². The monoisotopic (exact) mass is 197 g/mol. The maximum atomic E-state index is 5.78. The molecule has 0 bridgehead atoms. The van der Waals surface area contributed by atoms with Gasteiger partial charge in [0, 0.05) is 37.7 Å². The Morgan fingerprint density at radius 3 is 2.60 bits per heavy atom. The lowest BCUT2D eigenvalue weighted by Gasteiger charge is -2.17. The third-order valence-corrected chi connectivity index (χ3v) is 2.30. The van der Waals surface area contributed by atoms with E-state index in [9.17, 15) is 0 Å². The second kappa shape index (κ2) is 3.81. The molecule has 0 aliphatic rings. The first kappa shape index (κ1) is 9.83. The normalized spacial score (nSPS) is 10.3. The molecule has 0 aliphatic carbocycles. The van der Waals surface area contributed by atoms with Crippen LogP contribution >= 0.6 is 0 Å². The molecule has 0 fully saturated rings. The molecule has 1 heterocycles. The van der Waals surface area contributed by atoms with E-state index in [0.717, 1.165) is 17.1 Å². The van der Waals surface area contributed by atoms with Gasteiger partial charge in [0.05, 0.1) is 0 Å². The van der Waals surface area contributed by atoms with Crippen LogP contribution in [0, 0.1) is 0 Å². The number of nitrogens with zero attached hydrogens (tertiary/aromatic N) is 3. The van der Waals surface area contributed by atoms with Crippen molar-refractivity contribution in [1.29, 1.82) is 0 Å². The van der Waals surface area contributed by atoms with Crippen LogP contribution in [0.15, 0.2) is 36.7 Å². The predicted octanol–water partition coefficient (Wildman–Crippen LogP) is 1.55. The van der Waals surface area contributed by atoms with Crippen LogP contribution in [0.4, 0.5) is 5.69 Å². The van der Waals surface area contributed by atoms with E-state index in [-0.39, 0.29) is 0 Å². The van der Waals surface area contributed by atoms with E-state index in [2.05, 4.69) is 4.98 Å². The number of rotatable bonds is 2. The average Bonchev–Trinajstić information content (AvgIpc) is 2.64. The van der Waals surface area contributed by atoms with Crippen LogP contribution in [-0.4, -0.2) is 31.5 Å². The van der Waals surface area contributed by atoms with Crippen LogP contribution < -0.4 is 4.90 Å². The lowest BCUT2D eigenvalue weighted by atomic mass is 10.1. The fraction of sp³-hybridized carbons (Fsp3) is 0.182. The Morgan fingerprint density at radius 1 is 1.27 bits per heavy atom. The van der Waals surface area contributed by atoms with Gasteiger partial charge in [0.25, 0.3) is 0 Å². The Kier molecular flexibility index (Phi) is 2.50. The zero-order chi connectivity index (χ0) is 10.8. The maximum absolute atomic E-state index is 5.78. The Morgan fingerprint density at radius 2 is 2.00 bits per heavy atom. The zero-order valence-electron chi connectivity index (χ0n) is 8.88. The second-order valence-electron chi connectivity index (χ2n) is 3.57. The Balaban J connectivity index is 2.58. The van der Waals surface area contributed by atoms with Gasteiger partial charge in [-0.25, -0.2) is 4.98 Å². The highest BCUT2D eigenvalue weighted by molar-refractivity contribution is 6.08. The molecule has 2 aromatic rings. The summed E-state index contributed by atoms with van der Waals surface area (Å²) in [5, 5.41) is 0. The number of aromatic nitrogens is 2. The minimum absolute atomic E-state index is 0.777. The van der Waals surface area contributed by atoms with Gasteiger partial charge in [0.15, 0.2) is 0 Å². The van der Waals surface area contributed by atoms with E-state index < -0.39 is 0 Å².